The van der Waals surface area contributed by atoms with E-state index >= 15 is 0 Å². The summed E-state index contributed by atoms with van der Waals surface area (Å²) in [4.78, 5) is 4.72. The van der Waals surface area contributed by atoms with Gasteiger partial charge in [0.05, 0.1) is 11.4 Å². The van der Waals surface area contributed by atoms with Crippen molar-refractivity contribution in [3.8, 4) is 0 Å². The summed E-state index contributed by atoms with van der Waals surface area (Å²) in [6, 6.07) is 6.72. The van der Waals surface area contributed by atoms with Gasteiger partial charge in [0.25, 0.3) is 0 Å². The van der Waals surface area contributed by atoms with Gasteiger partial charge in [-0.15, -0.1) is 0 Å². The Morgan fingerprint density at radius 3 is 2.33 bits per heavy atom. The lowest BCUT2D eigenvalue weighted by Crippen LogP contribution is -2.37. The summed E-state index contributed by atoms with van der Waals surface area (Å²) in [6.07, 6.45) is 1.03. The monoisotopic (exact) mass is 312 g/mol. The molecule has 0 saturated carbocycles. The second kappa shape index (κ2) is 8.63. The number of nitrogens with one attached hydrogen (secondary N) is 3. The fourth-order valence-corrected chi connectivity index (χ4v) is 2.38. The highest BCUT2D eigenvalue weighted by Gasteiger charge is 2.10. The molecule has 0 spiro atoms. The fourth-order valence-electron chi connectivity index (χ4n) is 1.65. The molecule has 0 aliphatic carbocycles. The fraction of sp³-hybridized carbons (Fsp3) is 0.500. The molecule has 0 atom stereocenters. The molecule has 7 heteroatoms. The summed E-state index contributed by atoms with van der Waals surface area (Å²) in [5, 5.41) is 6.38. The molecule has 0 heterocycles. The van der Waals surface area contributed by atoms with E-state index in [2.05, 4.69) is 27.3 Å². The van der Waals surface area contributed by atoms with Crippen LogP contribution in [0.5, 0.6) is 0 Å². The predicted molar refractivity (Wildman–Crippen MR) is 85.8 cm³/mol. The first-order chi connectivity index (χ1) is 10.0. The first kappa shape index (κ1) is 17.5. The standard InChI is InChI=1S/C14H24N4O2S/c1-4-10-17-14(16-5-2)18-11-12-6-8-13(9-7-12)21(19,20)15-3/h6-9,15H,4-5,10-11H2,1-3H3,(H2,16,17,18). The first-order valence-corrected chi connectivity index (χ1v) is 8.56. The van der Waals surface area contributed by atoms with Crippen molar-refractivity contribution < 1.29 is 8.42 Å². The van der Waals surface area contributed by atoms with Crippen LogP contribution in [-0.4, -0.2) is 34.5 Å². The highest BCUT2D eigenvalue weighted by atomic mass is 32.2. The second-order valence-corrected chi connectivity index (χ2v) is 6.36. The van der Waals surface area contributed by atoms with Crippen LogP contribution in [-0.2, 0) is 16.6 Å². The van der Waals surface area contributed by atoms with Gasteiger partial charge in [0.1, 0.15) is 0 Å². The van der Waals surface area contributed by atoms with E-state index in [4.69, 9.17) is 0 Å². The number of rotatable bonds is 7. The van der Waals surface area contributed by atoms with Gasteiger partial charge in [0.15, 0.2) is 5.96 Å². The molecule has 6 nitrogen and oxygen atoms in total. The Balaban J connectivity index is 2.74. The molecule has 1 rings (SSSR count). The van der Waals surface area contributed by atoms with E-state index in [1.807, 2.05) is 6.92 Å². The van der Waals surface area contributed by atoms with E-state index in [1.54, 1.807) is 24.3 Å². The number of guanidine groups is 1. The summed E-state index contributed by atoms with van der Waals surface area (Å²) in [5.41, 5.74) is 0.957. The van der Waals surface area contributed by atoms with Gasteiger partial charge in [-0.3, -0.25) is 0 Å². The Labute approximate surface area is 127 Å². The third-order valence-corrected chi connectivity index (χ3v) is 4.24. The Morgan fingerprint density at radius 2 is 1.81 bits per heavy atom. The third-order valence-electron chi connectivity index (χ3n) is 2.81. The molecule has 0 aliphatic rings. The van der Waals surface area contributed by atoms with Crippen molar-refractivity contribution in [3.63, 3.8) is 0 Å². The quantitative estimate of drug-likeness (QED) is 0.519. The van der Waals surface area contributed by atoms with Crippen LogP contribution < -0.4 is 15.4 Å². The summed E-state index contributed by atoms with van der Waals surface area (Å²) in [6.45, 7) is 6.27. The number of nitrogens with zero attached hydrogens (tertiary/aromatic N) is 1. The van der Waals surface area contributed by atoms with Gasteiger partial charge in [-0.05, 0) is 38.1 Å². The van der Waals surface area contributed by atoms with Crippen molar-refractivity contribution in [2.24, 2.45) is 4.99 Å². The predicted octanol–water partition coefficient (Wildman–Crippen LogP) is 1.06. The molecule has 1 aromatic rings. The normalized spacial score (nSPS) is 12.2. The molecule has 21 heavy (non-hydrogen) atoms. The Hall–Kier alpha value is -1.60. The minimum Gasteiger partial charge on any atom is -0.357 e. The van der Waals surface area contributed by atoms with Crippen molar-refractivity contribution in [1.82, 2.24) is 15.4 Å². The van der Waals surface area contributed by atoms with Crippen LogP contribution in [0.3, 0.4) is 0 Å². The minimum atomic E-state index is -3.38. The van der Waals surface area contributed by atoms with Gasteiger partial charge in [0, 0.05) is 13.1 Å². The zero-order chi connectivity index (χ0) is 15.7. The van der Waals surface area contributed by atoms with Gasteiger partial charge in [-0.1, -0.05) is 19.1 Å². The smallest absolute Gasteiger partial charge is 0.240 e. The number of aliphatic imine (C=N–C) groups is 1. The lowest BCUT2D eigenvalue weighted by molar-refractivity contribution is 0.588. The van der Waals surface area contributed by atoms with E-state index in [0.717, 1.165) is 31.0 Å². The molecule has 0 bridgehead atoms. The van der Waals surface area contributed by atoms with Crippen molar-refractivity contribution in [3.05, 3.63) is 29.8 Å². The van der Waals surface area contributed by atoms with Gasteiger partial charge < -0.3 is 10.6 Å². The highest BCUT2D eigenvalue weighted by molar-refractivity contribution is 7.89. The van der Waals surface area contributed by atoms with Crippen LogP contribution in [0.2, 0.25) is 0 Å². The number of sulfonamides is 1. The summed E-state index contributed by atoms with van der Waals surface area (Å²) < 4.78 is 25.5. The van der Waals surface area contributed by atoms with Crippen molar-refractivity contribution in [2.75, 3.05) is 20.1 Å². The molecule has 0 aliphatic heterocycles. The minimum absolute atomic E-state index is 0.258. The third kappa shape index (κ3) is 5.73. The molecule has 0 fully saturated rings. The van der Waals surface area contributed by atoms with Gasteiger partial charge in [-0.25, -0.2) is 18.1 Å². The van der Waals surface area contributed by atoms with Crippen molar-refractivity contribution >= 4 is 16.0 Å². The number of benzene rings is 1. The van der Waals surface area contributed by atoms with Crippen LogP contribution in [0.4, 0.5) is 0 Å². The van der Waals surface area contributed by atoms with E-state index < -0.39 is 10.0 Å². The maximum Gasteiger partial charge on any atom is 0.240 e. The average Bonchev–Trinajstić information content (AvgIpc) is 2.50. The molecule has 0 aromatic heterocycles. The SMILES string of the molecule is CCCNC(=NCc1ccc(S(=O)(=O)NC)cc1)NCC. The van der Waals surface area contributed by atoms with Gasteiger partial charge in [0.2, 0.25) is 10.0 Å². The molecule has 1 aromatic carbocycles. The topological polar surface area (TPSA) is 82.6 Å². The molecular weight excluding hydrogens is 288 g/mol. The second-order valence-electron chi connectivity index (χ2n) is 4.47. The highest BCUT2D eigenvalue weighted by Crippen LogP contribution is 2.10. The summed E-state index contributed by atoms with van der Waals surface area (Å²) >= 11 is 0. The first-order valence-electron chi connectivity index (χ1n) is 7.08. The molecular formula is C14H24N4O2S. The number of hydrogen-bond donors (Lipinski definition) is 3. The summed E-state index contributed by atoms with van der Waals surface area (Å²) in [5.74, 6) is 0.770. The average molecular weight is 312 g/mol. The van der Waals surface area contributed by atoms with Crippen LogP contribution in [0.1, 0.15) is 25.8 Å². The zero-order valence-electron chi connectivity index (χ0n) is 12.8. The van der Waals surface area contributed by atoms with E-state index in [0.29, 0.717) is 6.54 Å². The molecule has 0 unspecified atom stereocenters. The Kier molecular flexibility index (Phi) is 7.18. The largest absolute Gasteiger partial charge is 0.357 e. The van der Waals surface area contributed by atoms with Crippen LogP contribution in [0.25, 0.3) is 0 Å². The van der Waals surface area contributed by atoms with Crippen LogP contribution in [0.15, 0.2) is 34.2 Å². The van der Waals surface area contributed by atoms with Crippen LogP contribution >= 0.6 is 0 Å². The number of hydrogen-bond acceptors (Lipinski definition) is 3. The Bertz CT molecular complexity index is 553. The molecule has 3 N–H and O–H groups in total. The van der Waals surface area contributed by atoms with E-state index in [9.17, 15) is 8.42 Å². The molecule has 0 amide bonds. The summed E-state index contributed by atoms with van der Waals surface area (Å²) in [7, 11) is -1.98. The van der Waals surface area contributed by atoms with E-state index in [1.165, 1.54) is 7.05 Å². The van der Waals surface area contributed by atoms with Gasteiger partial charge >= 0.3 is 0 Å². The molecule has 118 valence electrons. The Morgan fingerprint density at radius 1 is 1.14 bits per heavy atom. The maximum absolute atomic E-state index is 11.6. The van der Waals surface area contributed by atoms with Crippen molar-refractivity contribution in [2.45, 2.75) is 31.7 Å². The van der Waals surface area contributed by atoms with Crippen molar-refractivity contribution in [1.29, 1.82) is 0 Å². The maximum atomic E-state index is 11.6. The zero-order valence-corrected chi connectivity index (χ0v) is 13.6. The lowest BCUT2D eigenvalue weighted by Gasteiger charge is -2.10. The molecule has 0 saturated heterocycles. The van der Waals surface area contributed by atoms with Crippen LogP contribution in [0, 0.1) is 0 Å². The molecule has 0 radical (unpaired) electrons. The lowest BCUT2D eigenvalue weighted by atomic mass is 10.2. The van der Waals surface area contributed by atoms with Gasteiger partial charge in [-0.2, -0.15) is 0 Å². The van der Waals surface area contributed by atoms with E-state index in [-0.39, 0.29) is 4.90 Å².